The first-order valence-corrected chi connectivity index (χ1v) is 18.4. The highest BCUT2D eigenvalue weighted by molar-refractivity contribution is 6.09. The molecule has 9 aromatic rings. The van der Waals surface area contributed by atoms with Crippen molar-refractivity contribution in [3.05, 3.63) is 212 Å². The molecule has 0 amide bonds. The van der Waals surface area contributed by atoms with Gasteiger partial charge in [0.25, 0.3) is 0 Å². The molecule has 2 nitrogen and oxygen atoms in total. The fraction of sp³-hybridized carbons (Fsp3) is 0. The van der Waals surface area contributed by atoms with Gasteiger partial charge < -0.3 is 9.64 Å². The number of benzene rings is 9. The van der Waals surface area contributed by atoms with Crippen molar-refractivity contribution in [3.63, 3.8) is 0 Å². The van der Waals surface area contributed by atoms with E-state index in [0.29, 0.717) is 0 Å². The van der Waals surface area contributed by atoms with E-state index in [1.165, 1.54) is 33.0 Å². The fourth-order valence-electron chi connectivity index (χ4n) is 8.07. The van der Waals surface area contributed by atoms with Gasteiger partial charge in [-0.25, -0.2) is 0 Å². The fourth-order valence-corrected chi connectivity index (χ4v) is 8.07. The molecule has 0 N–H and O–H groups in total. The van der Waals surface area contributed by atoms with Gasteiger partial charge in [-0.2, -0.15) is 0 Å². The molecule has 0 saturated carbocycles. The highest BCUT2D eigenvalue weighted by atomic mass is 16.5. The average molecular weight is 690 g/mol. The van der Waals surface area contributed by atoms with Crippen LogP contribution in [0.15, 0.2) is 212 Å². The van der Waals surface area contributed by atoms with Crippen LogP contribution in [0.1, 0.15) is 0 Å². The molecule has 1 aliphatic rings. The monoisotopic (exact) mass is 689 g/mol. The lowest BCUT2D eigenvalue weighted by atomic mass is 9.86. The summed E-state index contributed by atoms with van der Waals surface area (Å²) < 4.78 is 7.12. The number of hydrogen-bond donors (Lipinski definition) is 0. The summed E-state index contributed by atoms with van der Waals surface area (Å²) in [5.41, 5.74) is 14.7. The Morgan fingerprint density at radius 2 is 0.907 bits per heavy atom. The third kappa shape index (κ3) is 5.44. The zero-order valence-corrected chi connectivity index (χ0v) is 29.6. The van der Waals surface area contributed by atoms with Crippen LogP contribution in [0.5, 0.6) is 11.5 Å². The van der Waals surface area contributed by atoms with Gasteiger partial charge in [0.1, 0.15) is 11.5 Å². The van der Waals surface area contributed by atoms with Gasteiger partial charge in [-0.3, -0.25) is 0 Å². The first-order chi connectivity index (χ1) is 26.8. The van der Waals surface area contributed by atoms with Crippen LogP contribution >= 0.6 is 0 Å². The summed E-state index contributed by atoms with van der Waals surface area (Å²) in [6, 6.07) is 75.6. The minimum atomic E-state index is 0.817. The molecule has 9 aromatic carbocycles. The van der Waals surface area contributed by atoms with Crippen LogP contribution in [0, 0.1) is 0 Å². The minimum absolute atomic E-state index is 0.817. The van der Waals surface area contributed by atoms with Crippen molar-refractivity contribution < 1.29 is 4.74 Å². The molecule has 254 valence electrons. The second-order valence-electron chi connectivity index (χ2n) is 13.6. The van der Waals surface area contributed by atoms with E-state index in [1.54, 1.807) is 0 Å². The molecule has 0 saturated heterocycles. The Bertz CT molecular complexity index is 2790. The van der Waals surface area contributed by atoms with Crippen molar-refractivity contribution >= 4 is 27.8 Å². The SMILES string of the molecule is c1ccc(-c2ccccc2-c2ccccc2N(c2ccccc2)c2ccc3c(c2)Oc2cccc(-c4ccccc4)c2-c2ccc4ccccc4c2-3)cc1. The van der Waals surface area contributed by atoms with Crippen molar-refractivity contribution in [2.24, 2.45) is 0 Å². The summed E-state index contributed by atoms with van der Waals surface area (Å²) >= 11 is 0. The molecule has 0 radical (unpaired) electrons. The zero-order chi connectivity index (χ0) is 35.8. The number of rotatable bonds is 6. The predicted molar refractivity (Wildman–Crippen MR) is 226 cm³/mol. The van der Waals surface area contributed by atoms with E-state index in [-0.39, 0.29) is 0 Å². The standard InChI is InChI=1S/C52H35NO/c1-4-17-36(18-5-1)41-24-12-13-26-44(41)45-27-14-15-29-48(45)53(39-22-8-3-9-23-39)40-32-34-46-50(35-40)54-49-30-16-28-43(37-19-6-2-7-20-37)52(49)47-33-31-38-21-10-11-25-42(38)51(46)47/h1-35H. The molecular formula is C52H35NO. The molecule has 1 heterocycles. The first-order valence-electron chi connectivity index (χ1n) is 18.4. The van der Waals surface area contributed by atoms with Gasteiger partial charge in [-0.1, -0.05) is 170 Å². The maximum atomic E-state index is 7.12. The van der Waals surface area contributed by atoms with E-state index in [4.69, 9.17) is 4.74 Å². The van der Waals surface area contributed by atoms with Gasteiger partial charge in [0.15, 0.2) is 0 Å². The molecule has 0 atom stereocenters. The topological polar surface area (TPSA) is 12.5 Å². The Morgan fingerprint density at radius 1 is 0.315 bits per heavy atom. The second kappa shape index (κ2) is 13.4. The minimum Gasteiger partial charge on any atom is -0.456 e. The third-order valence-electron chi connectivity index (χ3n) is 10.5. The molecule has 1 aliphatic heterocycles. The van der Waals surface area contributed by atoms with Crippen molar-refractivity contribution in [2.75, 3.05) is 4.90 Å². The second-order valence-corrected chi connectivity index (χ2v) is 13.6. The lowest BCUT2D eigenvalue weighted by molar-refractivity contribution is 0.488. The number of ether oxygens (including phenoxy) is 1. The van der Waals surface area contributed by atoms with Crippen LogP contribution in [0.4, 0.5) is 17.1 Å². The molecule has 0 aromatic heterocycles. The van der Waals surface area contributed by atoms with Gasteiger partial charge in [0.2, 0.25) is 0 Å². The van der Waals surface area contributed by atoms with E-state index in [9.17, 15) is 0 Å². The predicted octanol–water partition coefficient (Wildman–Crippen LogP) is 14.8. The molecule has 2 heteroatoms. The zero-order valence-electron chi connectivity index (χ0n) is 29.6. The molecule has 0 fully saturated rings. The number of para-hydroxylation sites is 2. The van der Waals surface area contributed by atoms with Crippen LogP contribution in [0.25, 0.3) is 66.4 Å². The number of nitrogens with zero attached hydrogens (tertiary/aromatic N) is 1. The molecule has 54 heavy (non-hydrogen) atoms. The average Bonchev–Trinajstić information content (AvgIpc) is 3.39. The largest absolute Gasteiger partial charge is 0.456 e. The van der Waals surface area contributed by atoms with Gasteiger partial charge in [-0.15, -0.1) is 0 Å². The Hall–Kier alpha value is -7.16. The van der Waals surface area contributed by atoms with Crippen LogP contribution in [-0.2, 0) is 0 Å². The molecular weight excluding hydrogens is 655 g/mol. The summed E-state index contributed by atoms with van der Waals surface area (Å²) in [5.74, 6) is 1.66. The number of fused-ring (bicyclic) bond motifs is 7. The van der Waals surface area contributed by atoms with Crippen molar-refractivity contribution in [1.29, 1.82) is 0 Å². The normalized spacial score (nSPS) is 11.5. The van der Waals surface area contributed by atoms with Gasteiger partial charge in [0.05, 0.1) is 5.69 Å². The van der Waals surface area contributed by atoms with Crippen molar-refractivity contribution in [2.45, 2.75) is 0 Å². The van der Waals surface area contributed by atoms with Gasteiger partial charge >= 0.3 is 0 Å². The number of anilines is 3. The summed E-state index contributed by atoms with van der Waals surface area (Å²) in [7, 11) is 0. The summed E-state index contributed by atoms with van der Waals surface area (Å²) in [6.45, 7) is 0. The van der Waals surface area contributed by atoms with E-state index in [0.717, 1.165) is 61.9 Å². The summed E-state index contributed by atoms with van der Waals surface area (Å²) in [4.78, 5) is 2.36. The van der Waals surface area contributed by atoms with Crippen LogP contribution in [0.2, 0.25) is 0 Å². The van der Waals surface area contributed by atoms with Crippen LogP contribution < -0.4 is 9.64 Å². The Balaban J connectivity index is 1.21. The Labute approximate surface area is 315 Å². The maximum Gasteiger partial charge on any atom is 0.137 e. The van der Waals surface area contributed by atoms with Gasteiger partial charge in [0, 0.05) is 39.7 Å². The lowest BCUT2D eigenvalue weighted by Gasteiger charge is -2.29. The van der Waals surface area contributed by atoms with Crippen molar-refractivity contribution in [3.8, 4) is 67.1 Å². The highest BCUT2D eigenvalue weighted by Crippen LogP contribution is 2.54. The smallest absolute Gasteiger partial charge is 0.137 e. The molecule has 0 unspecified atom stereocenters. The van der Waals surface area contributed by atoms with E-state index < -0.39 is 0 Å². The number of hydrogen-bond acceptors (Lipinski definition) is 2. The van der Waals surface area contributed by atoms with E-state index >= 15 is 0 Å². The lowest BCUT2D eigenvalue weighted by Crippen LogP contribution is -2.11. The molecule has 0 aliphatic carbocycles. The van der Waals surface area contributed by atoms with Crippen molar-refractivity contribution in [1.82, 2.24) is 0 Å². The molecule has 0 spiro atoms. The Morgan fingerprint density at radius 3 is 1.69 bits per heavy atom. The molecule has 10 rings (SSSR count). The highest BCUT2D eigenvalue weighted by Gasteiger charge is 2.27. The third-order valence-corrected chi connectivity index (χ3v) is 10.5. The Kier molecular flexibility index (Phi) is 7.85. The quantitative estimate of drug-likeness (QED) is 0.172. The van der Waals surface area contributed by atoms with Gasteiger partial charge in [-0.05, 0) is 80.6 Å². The maximum absolute atomic E-state index is 7.12. The van der Waals surface area contributed by atoms with Crippen LogP contribution in [-0.4, -0.2) is 0 Å². The first kappa shape index (κ1) is 31.6. The van der Waals surface area contributed by atoms with E-state index in [2.05, 4.69) is 217 Å². The molecule has 0 bridgehead atoms. The summed E-state index contributed by atoms with van der Waals surface area (Å²) in [6.07, 6.45) is 0. The van der Waals surface area contributed by atoms with Crippen LogP contribution in [0.3, 0.4) is 0 Å². The van der Waals surface area contributed by atoms with E-state index in [1.807, 2.05) is 0 Å². The summed E-state index contributed by atoms with van der Waals surface area (Å²) in [5, 5.41) is 2.40.